The monoisotopic (exact) mass is 382 g/mol. The van der Waals surface area contributed by atoms with Gasteiger partial charge < -0.3 is 19.5 Å². The second kappa shape index (κ2) is 7.28. The molecule has 2 aromatic carbocycles. The van der Waals surface area contributed by atoms with E-state index >= 15 is 0 Å². The zero-order chi connectivity index (χ0) is 19.7. The van der Waals surface area contributed by atoms with E-state index in [9.17, 15) is 9.50 Å². The van der Waals surface area contributed by atoms with Gasteiger partial charge in [0.05, 0.1) is 25.3 Å². The molecule has 0 radical (unpaired) electrons. The van der Waals surface area contributed by atoms with Gasteiger partial charge in [0, 0.05) is 42.5 Å². The zero-order valence-corrected chi connectivity index (χ0v) is 16.0. The fourth-order valence-electron chi connectivity index (χ4n) is 3.86. The second-order valence-corrected chi connectivity index (χ2v) is 7.11. The summed E-state index contributed by atoms with van der Waals surface area (Å²) < 4.78 is 24.2. The predicted octanol–water partition coefficient (Wildman–Crippen LogP) is 3.88. The highest BCUT2D eigenvalue weighted by molar-refractivity contribution is 5.91. The van der Waals surface area contributed by atoms with Crippen LogP contribution in [-0.4, -0.2) is 37.4 Å². The molecule has 0 unspecified atom stereocenters. The minimum absolute atomic E-state index is 0.294. The van der Waals surface area contributed by atoms with Crippen LogP contribution in [0.4, 0.5) is 10.1 Å². The number of fused-ring (bicyclic) bond motifs is 1. The van der Waals surface area contributed by atoms with E-state index in [-0.39, 0.29) is 5.82 Å². The van der Waals surface area contributed by atoms with Crippen molar-refractivity contribution in [2.24, 2.45) is 0 Å². The largest absolute Gasteiger partial charge is 0.497 e. The Labute approximate surface area is 163 Å². The van der Waals surface area contributed by atoms with Gasteiger partial charge in [-0.15, -0.1) is 0 Å². The minimum Gasteiger partial charge on any atom is -0.497 e. The highest BCUT2D eigenvalue weighted by Gasteiger charge is 2.35. The first-order valence-corrected chi connectivity index (χ1v) is 9.27. The Bertz CT molecular complexity index is 978. The third kappa shape index (κ3) is 3.36. The standard InChI is InChI=1S/C22H23FN2O3/c1-27-17-11-15(12-18(14-17)28-2)22(26)6-9-25(10-7-22)21-5-8-24-20-13-16(23)3-4-19(20)21/h3-5,8,11-14,26H,6-7,9-10H2,1-2H3. The van der Waals surface area contributed by atoms with E-state index in [1.807, 2.05) is 18.2 Å². The van der Waals surface area contributed by atoms with Crippen LogP contribution in [0.1, 0.15) is 18.4 Å². The average Bonchev–Trinajstić information content (AvgIpc) is 2.73. The molecule has 0 bridgehead atoms. The molecule has 1 aliphatic heterocycles. The number of benzene rings is 2. The van der Waals surface area contributed by atoms with Crippen molar-refractivity contribution in [3.8, 4) is 11.5 Å². The van der Waals surface area contributed by atoms with E-state index in [1.165, 1.54) is 12.1 Å². The topological polar surface area (TPSA) is 54.8 Å². The number of aliphatic hydroxyl groups is 1. The quantitative estimate of drug-likeness (QED) is 0.742. The number of methoxy groups -OCH3 is 2. The summed E-state index contributed by atoms with van der Waals surface area (Å²) in [5, 5.41) is 12.2. The van der Waals surface area contributed by atoms with E-state index in [0.717, 1.165) is 16.6 Å². The maximum absolute atomic E-state index is 13.5. The number of ether oxygens (including phenoxy) is 2. The van der Waals surface area contributed by atoms with Crippen LogP contribution >= 0.6 is 0 Å². The molecule has 1 N–H and O–H groups in total. The van der Waals surface area contributed by atoms with Gasteiger partial charge in [-0.1, -0.05) is 0 Å². The Morgan fingerprint density at radius 3 is 2.32 bits per heavy atom. The number of halogens is 1. The van der Waals surface area contributed by atoms with Crippen LogP contribution in [0.15, 0.2) is 48.7 Å². The van der Waals surface area contributed by atoms with Crippen LogP contribution in [0, 0.1) is 5.82 Å². The fraction of sp³-hybridized carbons (Fsp3) is 0.318. The molecule has 0 aliphatic carbocycles. The lowest BCUT2D eigenvalue weighted by molar-refractivity contribution is 0.0114. The van der Waals surface area contributed by atoms with Crippen molar-refractivity contribution in [2.45, 2.75) is 18.4 Å². The lowest BCUT2D eigenvalue weighted by Gasteiger charge is -2.40. The van der Waals surface area contributed by atoms with E-state index < -0.39 is 5.60 Å². The Balaban J connectivity index is 1.60. The van der Waals surface area contributed by atoms with E-state index in [0.29, 0.717) is 42.9 Å². The molecule has 0 amide bonds. The molecule has 2 heterocycles. The predicted molar refractivity (Wildman–Crippen MR) is 107 cm³/mol. The second-order valence-electron chi connectivity index (χ2n) is 7.11. The molecule has 5 nitrogen and oxygen atoms in total. The molecule has 6 heteroatoms. The van der Waals surface area contributed by atoms with Crippen LogP contribution in [0.5, 0.6) is 11.5 Å². The van der Waals surface area contributed by atoms with Gasteiger partial charge >= 0.3 is 0 Å². The third-order valence-electron chi connectivity index (χ3n) is 5.50. The zero-order valence-electron chi connectivity index (χ0n) is 16.0. The lowest BCUT2D eigenvalue weighted by Crippen LogP contribution is -2.42. The van der Waals surface area contributed by atoms with Crippen LogP contribution in [-0.2, 0) is 5.60 Å². The molecule has 146 valence electrons. The molecular weight excluding hydrogens is 359 g/mol. The summed E-state index contributed by atoms with van der Waals surface area (Å²) in [6.07, 6.45) is 2.83. The Kier molecular flexibility index (Phi) is 4.81. The van der Waals surface area contributed by atoms with Gasteiger partial charge in [0.1, 0.15) is 17.3 Å². The first-order valence-electron chi connectivity index (χ1n) is 9.27. The van der Waals surface area contributed by atoms with Crippen LogP contribution in [0.2, 0.25) is 0 Å². The van der Waals surface area contributed by atoms with E-state index in [1.54, 1.807) is 32.5 Å². The fourth-order valence-corrected chi connectivity index (χ4v) is 3.86. The van der Waals surface area contributed by atoms with Crippen molar-refractivity contribution in [3.63, 3.8) is 0 Å². The number of aromatic nitrogens is 1. The lowest BCUT2D eigenvalue weighted by atomic mass is 9.84. The number of piperidine rings is 1. The number of hydrogen-bond donors (Lipinski definition) is 1. The summed E-state index contributed by atoms with van der Waals surface area (Å²) in [7, 11) is 3.20. The maximum Gasteiger partial charge on any atom is 0.125 e. The smallest absolute Gasteiger partial charge is 0.125 e. The number of anilines is 1. The molecule has 1 saturated heterocycles. The van der Waals surface area contributed by atoms with Gasteiger partial charge in [0.15, 0.2) is 0 Å². The highest BCUT2D eigenvalue weighted by Crippen LogP contribution is 2.39. The summed E-state index contributed by atoms with van der Waals surface area (Å²) in [4.78, 5) is 6.48. The molecule has 0 spiro atoms. The average molecular weight is 382 g/mol. The van der Waals surface area contributed by atoms with Crippen molar-refractivity contribution in [3.05, 3.63) is 60.0 Å². The molecule has 1 fully saturated rings. The summed E-state index contributed by atoms with van der Waals surface area (Å²) in [6.45, 7) is 1.35. The number of rotatable bonds is 4. The van der Waals surface area contributed by atoms with Crippen molar-refractivity contribution < 1.29 is 19.0 Å². The Morgan fingerprint density at radius 2 is 1.68 bits per heavy atom. The van der Waals surface area contributed by atoms with Gasteiger partial charge in [0.25, 0.3) is 0 Å². The molecule has 4 rings (SSSR count). The van der Waals surface area contributed by atoms with Gasteiger partial charge in [-0.05, 0) is 48.7 Å². The highest BCUT2D eigenvalue weighted by atomic mass is 19.1. The van der Waals surface area contributed by atoms with E-state index in [4.69, 9.17) is 9.47 Å². The number of nitrogens with zero attached hydrogens (tertiary/aromatic N) is 2. The van der Waals surface area contributed by atoms with Crippen molar-refractivity contribution >= 4 is 16.6 Å². The molecule has 28 heavy (non-hydrogen) atoms. The van der Waals surface area contributed by atoms with E-state index in [2.05, 4.69) is 9.88 Å². The molecule has 0 saturated carbocycles. The van der Waals surface area contributed by atoms with Gasteiger partial charge in [-0.25, -0.2) is 4.39 Å². The van der Waals surface area contributed by atoms with Crippen LogP contribution < -0.4 is 14.4 Å². The van der Waals surface area contributed by atoms with Crippen molar-refractivity contribution in [1.29, 1.82) is 0 Å². The SMILES string of the molecule is COc1cc(OC)cc(C2(O)CCN(c3ccnc4cc(F)ccc34)CC2)c1. The summed E-state index contributed by atoms with van der Waals surface area (Å²) in [5.41, 5.74) is 1.49. The molecule has 0 atom stereocenters. The minimum atomic E-state index is -0.951. The normalized spacial score (nSPS) is 16.2. The molecule has 1 aliphatic rings. The maximum atomic E-state index is 13.5. The van der Waals surface area contributed by atoms with Gasteiger partial charge in [0.2, 0.25) is 0 Å². The van der Waals surface area contributed by atoms with Crippen LogP contribution in [0.25, 0.3) is 10.9 Å². The van der Waals surface area contributed by atoms with Crippen LogP contribution in [0.3, 0.4) is 0 Å². The number of hydrogen-bond acceptors (Lipinski definition) is 5. The van der Waals surface area contributed by atoms with Crippen molar-refractivity contribution in [2.75, 3.05) is 32.2 Å². The molecule has 3 aromatic rings. The molecular formula is C22H23FN2O3. The van der Waals surface area contributed by atoms with Gasteiger partial charge in [-0.3, -0.25) is 4.98 Å². The third-order valence-corrected chi connectivity index (χ3v) is 5.50. The number of pyridine rings is 1. The Hall–Kier alpha value is -2.86. The van der Waals surface area contributed by atoms with Gasteiger partial charge in [-0.2, -0.15) is 0 Å². The summed E-state index contributed by atoms with van der Waals surface area (Å²) in [6, 6.07) is 12.1. The molecule has 1 aromatic heterocycles. The summed E-state index contributed by atoms with van der Waals surface area (Å²) in [5.74, 6) is 1.02. The Morgan fingerprint density at radius 1 is 1.00 bits per heavy atom. The first-order chi connectivity index (χ1) is 13.5. The first kappa shape index (κ1) is 18.5. The van der Waals surface area contributed by atoms with Crippen molar-refractivity contribution in [1.82, 2.24) is 4.98 Å². The summed E-state index contributed by atoms with van der Waals surface area (Å²) >= 11 is 0.